The molecule has 37 atom stereocenters. The van der Waals surface area contributed by atoms with Crippen molar-refractivity contribution in [3.63, 3.8) is 0 Å². The smallest absolute Gasteiger partial charge is 0.364 e. The van der Waals surface area contributed by atoms with Crippen LogP contribution in [0.5, 0.6) is 0 Å². The van der Waals surface area contributed by atoms with Crippen molar-refractivity contribution >= 4 is 29.7 Å². The van der Waals surface area contributed by atoms with Crippen molar-refractivity contribution in [2.45, 2.75) is 260 Å². The second-order valence-corrected chi connectivity index (χ2v) is 24.6. The van der Waals surface area contributed by atoms with Gasteiger partial charge in [-0.3, -0.25) is 14.4 Å². The fraction of sp³-hybridized carbons (Fsp3) is 0.907. The average molecular weight is 1450 g/mol. The normalized spacial score (nSPS) is 45.7. The Morgan fingerprint density at radius 2 is 0.818 bits per heavy atom. The topological polar surface area (TPSA) is 727 Å². The van der Waals surface area contributed by atoms with Crippen molar-refractivity contribution in [1.29, 1.82) is 0 Å². The Morgan fingerprint density at radius 1 is 0.414 bits per heavy atom. The van der Waals surface area contributed by atoms with Gasteiger partial charge < -0.3 is 200 Å². The zero-order chi connectivity index (χ0) is 73.8. The molecule has 572 valence electrons. The number of carboxylic acids is 2. The molecule has 45 heteroatoms. The number of amides is 3. The molecule has 7 aliphatic heterocycles. The van der Waals surface area contributed by atoms with E-state index in [0.29, 0.717) is 0 Å². The molecule has 0 aromatic rings. The van der Waals surface area contributed by atoms with Gasteiger partial charge in [-0.15, -0.1) is 0 Å². The van der Waals surface area contributed by atoms with E-state index in [-0.39, 0.29) is 0 Å². The fourth-order valence-electron chi connectivity index (χ4n) is 12.6. The third kappa shape index (κ3) is 17.7. The molecule has 0 spiro atoms. The zero-order valence-corrected chi connectivity index (χ0v) is 52.7. The monoisotopic (exact) mass is 1450 g/mol. The van der Waals surface area contributed by atoms with Crippen LogP contribution < -0.4 is 16.0 Å². The summed E-state index contributed by atoms with van der Waals surface area (Å²) in [6, 6.07) is -6.04. The molecular weight excluding hydrogens is 1360 g/mol. The number of aliphatic hydroxyl groups excluding tert-OH is 22. The number of nitrogens with one attached hydrogen (secondary N) is 3. The number of aliphatic hydroxyl groups is 22. The first-order valence-corrected chi connectivity index (χ1v) is 30.9. The fourth-order valence-corrected chi connectivity index (χ4v) is 12.6. The summed E-state index contributed by atoms with van der Waals surface area (Å²) in [6.07, 6.45) is -74.8. The Morgan fingerprint density at radius 3 is 1.31 bits per heavy atom. The van der Waals surface area contributed by atoms with Crippen molar-refractivity contribution in [2.75, 3.05) is 46.2 Å². The summed E-state index contributed by atoms with van der Waals surface area (Å²) < 4.78 is 75.2. The number of carbonyl (C=O) groups is 5. The van der Waals surface area contributed by atoms with E-state index in [1.54, 1.807) is 0 Å². The van der Waals surface area contributed by atoms with Gasteiger partial charge in [0.1, 0.15) is 159 Å². The van der Waals surface area contributed by atoms with E-state index in [9.17, 15) is 147 Å². The minimum Gasteiger partial charge on any atom is -0.477 e. The van der Waals surface area contributed by atoms with Crippen LogP contribution in [0.1, 0.15) is 33.6 Å². The van der Waals surface area contributed by atoms with Crippen LogP contribution in [0.15, 0.2) is 0 Å². The molecule has 7 saturated heterocycles. The van der Waals surface area contributed by atoms with Gasteiger partial charge in [-0.25, -0.2) is 9.59 Å². The van der Waals surface area contributed by atoms with E-state index in [2.05, 4.69) is 16.0 Å². The molecule has 3 amide bonds. The number of carboxylic acid groups (broad SMARTS) is 2. The quantitative estimate of drug-likeness (QED) is 0.0346. The molecule has 7 rings (SSSR count). The lowest BCUT2D eigenvalue weighted by atomic mass is 9.87. The molecule has 0 unspecified atom stereocenters. The first kappa shape index (κ1) is 82.2. The van der Waals surface area contributed by atoms with Gasteiger partial charge in [0, 0.05) is 33.6 Å². The molecule has 0 bridgehead atoms. The lowest BCUT2D eigenvalue weighted by Gasteiger charge is -2.53. The molecule has 0 aromatic carbocycles. The van der Waals surface area contributed by atoms with Crippen LogP contribution in [0.25, 0.3) is 0 Å². The number of aliphatic carboxylic acids is 2. The molecule has 7 fully saturated rings. The number of rotatable bonds is 28. The van der Waals surface area contributed by atoms with Crippen LogP contribution in [0.3, 0.4) is 0 Å². The first-order chi connectivity index (χ1) is 46.5. The van der Waals surface area contributed by atoms with Crippen LogP contribution >= 0.6 is 0 Å². The standard InChI is InChI=1S/C54H89N3O42/c1-13(65)55-25-16(68)4-53(51(83)84,97-42(25)28(71)18(70)6-58)96-22(10-62)32(75)43-26(56-14(2)66)17(69)5-54(98-43,52(85)86)99-45-38(81)50(92-39-23(11-63)87-46(82)35(78)34(39)77)91-24(12-64)40(45)93-47-27(57-15(3)67)41(30(73)20(8-60)88-47)94-49-37(80)44(31(74)21(9-61)90-49)95-48-36(79)33(76)29(72)19(7-59)89-48/h16-50,58-64,68-82H,4-12H2,1-3H3,(H,55,65)(H,56,66)(H,57,67)(H,83,84)(H,85,86)/t16-,17-,18+,19+,20+,21+,22+,23+,24+,25+,26+,27+,28+,29-,30-,31-,32+,33-,34+,35+,36+,37+,38+,39+,40-,41+,42+,43+,44-,45+,46+,47-,48+,49-,50-,53+,54-/m0/s1. The largest absolute Gasteiger partial charge is 0.477 e. The van der Waals surface area contributed by atoms with Gasteiger partial charge >= 0.3 is 11.9 Å². The highest BCUT2D eigenvalue weighted by Crippen LogP contribution is 2.43. The summed E-state index contributed by atoms with van der Waals surface area (Å²) >= 11 is 0. The molecule has 45 nitrogen and oxygen atoms in total. The Bertz CT molecular complexity index is 2640. The highest BCUT2D eigenvalue weighted by Gasteiger charge is 2.64. The zero-order valence-electron chi connectivity index (χ0n) is 52.7. The van der Waals surface area contributed by atoms with E-state index < -0.39 is 315 Å². The van der Waals surface area contributed by atoms with Crippen LogP contribution in [0.2, 0.25) is 0 Å². The number of hydrogen-bond acceptors (Lipinski definition) is 40. The van der Waals surface area contributed by atoms with Crippen LogP contribution in [0, 0.1) is 0 Å². The summed E-state index contributed by atoms with van der Waals surface area (Å²) in [7, 11) is 0. The third-order valence-electron chi connectivity index (χ3n) is 17.7. The van der Waals surface area contributed by atoms with Crippen molar-refractivity contribution < 1.29 is 208 Å². The molecule has 0 radical (unpaired) electrons. The Hall–Kier alpha value is -4.05. The average Bonchev–Trinajstić information content (AvgIpc) is 0.752. The van der Waals surface area contributed by atoms with Gasteiger partial charge in [0.15, 0.2) is 31.5 Å². The summed E-state index contributed by atoms with van der Waals surface area (Å²) in [5.41, 5.74) is 0. The molecular formula is C54H89N3O42. The van der Waals surface area contributed by atoms with Crippen LogP contribution in [0.4, 0.5) is 0 Å². The van der Waals surface area contributed by atoms with Crippen LogP contribution in [-0.2, 0) is 85.6 Å². The first-order valence-electron chi connectivity index (χ1n) is 30.9. The van der Waals surface area contributed by atoms with Crippen molar-refractivity contribution in [2.24, 2.45) is 0 Å². The third-order valence-corrected chi connectivity index (χ3v) is 17.7. The number of hydrogen-bond donors (Lipinski definition) is 27. The Labute approximate surface area is 558 Å². The maximum absolute atomic E-state index is 14.1. The summed E-state index contributed by atoms with van der Waals surface area (Å²) in [5, 5.41) is 270. The Kier molecular flexibility index (Phi) is 28.8. The van der Waals surface area contributed by atoms with Gasteiger partial charge in [0.2, 0.25) is 17.7 Å². The van der Waals surface area contributed by atoms with Gasteiger partial charge in [-0.2, -0.15) is 0 Å². The summed E-state index contributed by atoms with van der Waals surface area (Å²) in [4.78, 5) is 65.7. The minimum absolute atomic E-state index is 0.836. The molecule has 0 aromatic heterocycles. The van der Waals surface area contributed by atoms with Crippen molar-refractivity contribution in [3.05, 3.63) is 0 Å². The van der Waals surface area contributed by atoms with E-state index in [1.807, 2.05) is 0 Å². The minimum atomic E-state index is -3.70. The molecule has 0 saturated carbocycles. The van der Waals surface area contributed by atoms with Crippen molar-refractivity contribution in [3.8, 4) is 0 Å². The summed E-state index contributed by atoms with van der Waals surface area (Å²) in [6.45, 7) is -6.10. The predicted octanol–water partition coefficient (Wildman–Crippen LogP) is -17.4. The van der Waals surface area contributed by atoms with Gasteiger partial charge in [-0.1, -0.05) is 0 Å². The maximum Gasteiger partial charge on any atom is 0.364 e. The molecule has 7 heterocycles. The molecule has 0 aliphatic carbocycles. The van der Waals surface area contributed by atoms with E-state index >= 15 is 0 Å². The second kappa shape index (κ2) is 34.7. The molecule has 99 heavy (non-hydrogen) atoms. The Balaban J connectivity index is 1.30. The highest BCUT2D eigenvalue weighted by atomic mass is 16.8. The van der Waals surface area contributed by atoms with Gasteiger partial charge in [-0.05, 0) is 0 Å². The van der Waals surface area contributed by atoms with Crippen molar-refractivity contribution in [1.82, 2.24) is 16.0 Å². The van der Waals surface area contributed by atoms with E-state index in [4.69, 9.17) is 61.6 Å². The highest BCUT2D eigenvalue weighted by molar-refractivity contribution is 5.77. The maximum atomic E-state index is 14.1. The number of carbonyl (C=O) groups excluding carboxylic acids is 3. The predicted molar refractivity (Wildman–Crippen MR) is 301 cm³/mol. The summed E-state index contributed by atoms with van der Waals surface area (Å²) in [5.74, 6) is -14.8. The SMILES string of the molecule is CC(=O)N[C@H]1[C@H](O[C@@H]2[C@H](O[C@]3(C(=O)O)C[C@H](O)[C@@H](NC(C)=O)[C@H]([C@H](O)[C@@H](CO)O[C@]4(C(=O)O)C[C@H](O)[C@@H](NC(C)=O)[C@H]([C@H](O)[C@H](O)CO)O4)O3)[C@@H](O)[C@H](O[C@H]3[C@H](O)[C@@H](O)[C@H](O)O[C@@H]3CO)O[C@@H]2CO)O[C@H](CO)[C@H](O)[C@@H]1O[C@@H]1O[C@H](CO)[C@H](O)[C@H](O[C@H]2O[C@H](CO)[C@H](O)[C@H](O)[C@H]2O)[C@H]1O. The van der Waals surface area contributed by atoms with Gasteiger partial charge in [0.25, 0.3) is 11.6 Å². The van der Waals surface area contributed by atoms with Gasteiger partial charge in [0.05, 0.1) is 70.5 Å². The molecule has 27 N–H and O–H groups in total. The lowest BCUT2D eigenvalue weighted by Crippen LogP contribution is -2.73. The van der Waals surface area contributed by atoms with E-state index in [0.717, 1.165) is 20.8 Å². The number of ether oxygens (including phenoxy) is 13. The van der Waals surface area contributed by atoms with Crippen LogP contribution in [-0.4, -0.2) is 424 Å². The van der Waals surface area contributed by atoms with E-state index in [1.165, 1.54) is 0 Å². The second-order valence-electron chi connectivity index (χ2n) is 24.6. The lowest BCUT2D eigenvalue weighted by molar-refractivity contribution is -0.404. The molecule has 7 aliphatic rings.